The Kier molecular flexibility index (Phi) is 5.49. The smallest absolute Gasteiger partial charge is 0.380 e. The van der Waals surface area contributed by atoms with Gasteiger partial charge in [0, 0.05) is 16.6 Å². The van der Waals surface area contributed by atoms with E-state index in [2.05, 4.69) is 23.5 Å². The van der Waals surface area contributed by atoms with Gasteiger partial charge in [0.25, 0.3) is 5.56 Å². The van der Waals surface area contributed by atoms with Crippen molar-refractivity contribution in [3.63, 3.8) is 0 Å². The molecular formula is C25H21F3N2O3. The molecule has 4 rings (SSSR count). The van der Waals surface area contributed by atoms with Gasteiger partial charge in [-0.2, -0.15) is 13.2 Å². The number of aromatic nitrogens is 1. The van der Waals surface area contributed by atoms with Gasteiger partial charge in [-0.05, 0) is 35.6 Å². The second-order valence-corrected chi connectivity index (χ2v) is 8.05. The van der Waals surface area contributed by atoms with Gasteiger partial charge in [-0.25, -0.2) is 0 Å². The van der Waals surface area contributed by atoms with Crippen molar-refractivity contribution in [1.29, 1.82) is 0 Å². The molecule has 5 nitrogen and oxygen atoms in total. The lowest BCUT2D eigenvalue weighted by atomic mass is 9.87. The number of hydrogen-bond acceptors (Lipinski definition) is 3. The fourth-order valence-electron chi connectivity index (χ4n) is 4.24. The maximum Gasteiger partial charge on any atom is 0.417 e. The Labute approximate surface area is 187 Å². The number of rotatable bonds is 5. The van der Waals surface area contributed by atoms with E-state index >= 15 is 0 Å². The third-order valence-electron chi connectivity index (χ3n) is 6.11. The second-order valence-electron chi connectivity index (χ2n) is 8.05. The normalized spacial score (nSPS) is 18.8. The molecule has 2 atom stereocenters. The van der Waals surface area contributed by atoms with Crippen molar-refractivity contribution in [1.82, 2.24) is 10.3 Å². The molecule has 1 aliphatic rings. The van der Waals surface area contributed by atoms with Crippen LogP contribution in [0.1, 0.15) is 23.5 Å². The molecule has 0 bridgehead atoms. The summed E-state index contributed by atoms with van der Waals surface area (Å²) in [5.74, 6) is -0.926. The first-order valence-electron chi connectivity index (χ1n) is 10.2. The fourth-order valence-corrected chi connectivity index (χ4v) is 4.24. The molecule has 170 valence electrons. The number of nitrogens with one attached hydrogen (secondary N) is 2. The van der Waals surface area contributed by atoms with Crippen LogP contribution in [0, 0.1) is 0 Å². The second kappa shape index (κ2) is 8.04. The van der Waals surface area contributed by atoms with Crippen LogP contribution in [0.15, 0.2) is 78.6 Å². The van der Waals surface area contributed by atoms with Crippen LogP contribution in [0.3, 0.4) is 0 Å². The van der Waals surface area contributed by atoms with Crippen molar-refractivity contribution in [2.45, 2.75) is 30.2 Å². The summed E-state index contributed by atoms with van der Waals surface area (Å²) in [6.45, 7) is 7.18. The predicted molar refractivity (Wildman–Crippen MR) is 120 cm³/mol. The van der Waals surface area contributed by atoms with Crippen LogP contribution in [-0.4, -0.2) is 27.6 Å². The van der Waals surface area contributed by atoms with E-state index in [-0.39, 0.29) is 29.0 Å². The number of carbonyl (C=O) groups is 1. The lowest BCUT2D eigenvalue weighted by Gasteiger charge is -2.27. The van der Waals surface area contributed by atoms with Crippen LogP contribution in [0.2, 0.25) is 0 Å². The monoisotopic (exact) mass is 454 g/mol. The summed E-state index contributed by atoms with van der Waals surface area (Å²) in [4.78, 5) is 27.9. The lowest BCUT2D eigenvalue weighted by molar-refractivity contribution is -0.137. The maximum absolute atomic E-state index is 13.4. The maximum atomic E-state index is 13.4. The number of aliphatic hydroxyl groups is 1. The Bertz CT molecular complexity index is 1320. The van der Waals surface area contributed by atoms with E-state index in [4.69, 9.17) is 0 Å². The fraction of sp³-hybridized carbons (Fsp3) is 0.200. The molecule has 0 radical (unpaired) electrons. The number of alkyl halides is 3. The van der Waals surface area contributed by atoms with Gasteiger partial charge in [-0.15, -0.1) is 0 Å². The summed E-state index contributed by atoms with van der Waals surface area (Å²) in [7, 11) is 0. The Hall–Kier alpha value is -3.65. The number of halogens is 3. The van der Waals surface area contributed by atoms with Crippen molar-refractivity contribution in [3.05, 3.63) is 95.3 Å². The molecule has 1 amide bonds. The number of fused-ring (bicyclic) bond motifs is 1. The van der Waals surface area contributed by atoms with Gasteiger partial charge < -0.3 is 15.4 Å². The van der Waals surface area contributed by atoms with Crippen LogP contribution in [-0.2, 0) is 11.0 Å². The van der Waals surface area contributed by atoms with Crippen LogP contribution in [0.25, 0.3) is 22.0 Å². The minimum Gasteiger partial charge on any atom is -0.380 e. The number of carbonyl (C=O) groups excluding carboxylic acids is 1. The molecule has 33 heavy (non-hydrogen) atoms. The van der Waals surface area contributed by atoms with E-state index in [9.17, 15) is 27.9 Å². The minimum absolute atomic E-state index is 0.0499. The molecule has 1 unspecified atom stereocenters. The number of amides is 1. The third-order valence-corrected chi connectivity index (χ3v) is 6.11. The van der Waals surface area contributed by atoms with Gasteiger partial charge in [-0.1, -0.05) is 55.6 Å². The van der Waals surface area contributed by atoms with Crippen LogP contribution in [0.4, 0.5) is 13.2 Å². The van der Waals surface area contributed by atoms with E-state index in [1.165, 1.54) is 36.4 Å². The molecule has 0 aliphatic carbocycles. The van der Waals surface area contributed by atoms with Crippen LogP contribution in [0.5, 0.6) is 0 Å². The quantitative estimate of drug-likeness (QED) is 0.503. The Morgan fingerprint density at radius 3 is 2.39 bits per heavy atom. The Morgan fingerprint density at radius 2 is 1.73 bits per heavy atom. The summed E-state index contributed by atoms with van der Waals surface area (Å²) < 4.78 is 40.3. The zero-order chi connectivity index (χ0) is 24.0. The summed E-state index contributed by atoms with van der Waals surface area (Å²) in [5, 5.41) is 14.0. The topological polar surface area (TPSA) is 82.2 Å². The highest BCUT2D eigenvalue weighted by molar-refractivity contribution is 5.90. The summed E-state index contributed by atoms with van der Waals surface area (Å²) in [5.41, 5.74) is -2.40. The molecule has 3 N–H and O–H groups in total. The third kappa shape index (κ3) is 3.98. The zero-order valence-corrected chi connectivity index (χ0v) is 17.4. The van der Waals surface area contributed by atoms with Crippen LogP contribution >= 0.6 is 0 Å². The molecule has 0 saturated carbocycles. The van der Waals surface area contributed by atoms with Crippen molar-refractivity contribution >= 4 is 16.7 Å². The van der Waals surface area contributed by atoms with Gasteiger partial charge in [0.2, 0.25) is 5.91 Å². The van der Waals surface area contributed by atoms with E-state index in [0.29, 0.717) is 10.9 Å². The number of pyridine rings is 1. The average Bonchev–Trinajstić information content (AvgIpc) is 3.20. The molecule has 1 aromatic heterocycles. The first kappa shape index (κ1) is 22.5. The molecular weight excluding hydrogens is 433 g/mol. The zero-order valence-electron chi connectivity index (χ0n) is 17.4. The standard InChI is InChI=1S/C25H21F3N2O3/c1-3-24(33,4-2)21-13-18(23(32)30-21)14-9-10-15-12-20(29-22(31)17(15)11-14)16-7-5-6-8-19(16)25(26,27)28/h3-12,18,21,33H,1-2,13H2,(H,29,31)(H,30,32)/t18-,21?/m0/s1. The molecule has 3 aromatic rings. The van der Waals surface area contributed by atoms with Gasteiger partial charge in [-0.3, -0.25) is 9.59 Å². The van der Waals surface area contributed by atoms with Crippen LogP contribution < -0.4 is 10.9 Å². The predicted octanol–water partition coefficient (Wildman–Crippen LogP) is 4.29. The van der Waals surface area contributed by atoms with Gasteiger partial charge in [0.15, 0.2) is 0 Å². The van der Waals surface area contributed by atoms with E-state index in [1.807, 2.05) is 0 Å². The average molecular weight is 454 g/mol. The van der Waals surface area contributed by atoms with Crippen molar-refractivity contribution in [2.24, 2.45) is 0 Å². The lowest BCUT2D eigenvalue weighted by Crippen LogP contribution is -2.45. The van der Waals surface area contributed by atoms with Gasteiger partial charge in [0.1, 0.15) is 5.60 Å². The highest BCUT2D eigenvalue weighted by atomic mass is 19.4. The molecule has 1 saturated heterocycles. The number of benzene rings is 2. The summed E-state index contributed by atoms with van der Waals surface area (Å²) >= 11 is 0. The SMILES string of the molecule is C=CC(O)(C=C)C1C[C@@H](c2ccc3cc(-c4ccccc4C(F)(F)F)[nH]c(=O)c3c2)C(=O)N1. The molecule has 0 spiro atoms. The van der Waals surface area contributed by atoms with E-state index < -0.39 is 34.9 Å². The molecule has 1 fully saturated rings. The minimum atomic E-state index is -4.57. The molecule has 2 heterocycles. The number of H-pyrrole nitrogens is 1. The van der Waals surface area contributed by atoms with E-state index in [1.54, 1.807) is 18.2 Å². The number of hydrogen-bond donors (Lipinski definition) is 3. The van der Waals surface area contributed by atoms with Crippen molar-refractivity contribution in [2.75, 3.05) is 0 Å². The highest BCUT2D eigenvalue weighted by Crippen LogP contribution is 2.37. The first-order valence-corrected chi connectivity index (χ1v) is 10.2. The largest absolute Gasteiger partial charge is 0.417 e. The Morgan fingerprint density at radius 1 is 1.03 bits per heavy atom. The molecule has 1 aliphatic heterocycles. The van der Waals surface area contributed by atoms with Crippen molar-refractivity contribution in [3.8, 4) is 11.3 Å². The first-order chi connectivity index (χ1) is 15.6. The summed E-state index contributed by atoms with van der Waals surface area (Å²) in [6, 6.07) is 10.7. The number of aromatic amines is 1. The Balaban J connectivity index is 1.74. The van der Waals surface area contributed by atoms with Gasteiger partial charge >= 0.3 is 6.18 Å². The highest BCUT2D eigenvalue weighted by Gasteiger charge is 2.42. The van der Waals surface area contributed by atoms with Gasteiger partial charge in [0.05, 0.1) is 17.5 Å². The van der Waals surface area contributed by atoms with Crippen molar-refractivity contribution < 1.29 is 23.1 Å². The molecule has 2 aromatic carbocycles. The van der Waals surface area contributed by atoms with E-state index in [0.717, 1.165) is 6.07 Å². The summed E-state index contributed by atoms with van der Waals surface area (Å²) in [6.07, 6.45) is -1.71. The molecule has 8 heteroatoms.